The zero-order chi connectivity index (χ0) is 18.8. The molecule has 0 saturated carbocycles. The van der Waals surface area contributed by atoms with Gasteiger partial charge in [0, 0.05) is 22.8 Å². The summed E-state index contributed by atoms with van der Waals surface area (Å²) in [7, 11) is 0. The number of aryl methyl sites for hydroxylation is 1. The molecule has 5 nitrogen and oxygen atoms in total. The van der Waals surface area contributed by atoms with Crippen molar-refractivity contribution in [3.05, 3.63) is 53.6 Å². The molecule has 3 atom stereocenters. The van der Waals surface area contributed by atoms with Crippen molar-refractivity contribution in [2.24, 2.45) is 5.41 Å². The highest BCUT2D eigenvalue weighted by molar-refractivity contribution is 6.30. The number of rotatable bonds is 7. The van der Waals surface area contributed by atoms with Crippen molar-refractivity contribution in [2.75, 3.05) is 6.61 Å². The molecule has 1 aliphatic rings. The molecule has 1 fully saturated rings. The van der Waals surface area contributed by atoms with Crippen molar-refractivity contribution in [1.82, 2.24) is 9.55 Å². The fourth-order valence-electron chi connectivity index (χ4n) is 3.40. The van der Waals surface area contributed by atoms with Crippen LogP contribution < -0.4 is 0 Å². The smallest absolute Gasteiger partial charge is 0.166 e. The third-order valence-electron chi connectivity index (χ3n) is 5.37. The second-order valence-corrected chi connectivity index (χ2v) is 8.16. The summed E-state index contributed by atoms with van der Waals surface area (Å²) in [5, 5.41) is 12.5. The van der Waals surface area contributed by atoms with Gasteiger partial charge in [-0.25, -0.2) is 4.98 Å². The van der Waals surface area contributed by atoms with E-state index in [4.69, 9.17) is 21.1 Å². The minimum atomic E-state index is -1.04. The Morgan fingerprint density at radius 2 is 2.04 bits per heavy atom. The largest absolute Gasteiger partial charge is 0.387 e. The van der Waals surface area contributed by atoms with Crippen LogP contribution in [0.5, 0.6) is 0 Å². The van der Waals surface area contributed by atoms with E-state index in [-0.39, 0.29) is 6.10 Å². The van der Waals surface area contributed by atoms with E-state index in [1.54, 1.807) is 12.5 Å². The topological polar surface area (TPSA) is 56.5 Å². The molecule has 0 bridgehead atoms. The lowest BCUT2D eigenvalue weighted by Gasteiger charge is -2.45. The summed E-state index contributed by atoms with van der Waals surface area (Å²) in [5.41, 5.74) is -0.507. The summed E-state index contributed by atoms with van der Waals surface area (Å²) in [5.74, 6) is 0. The van der Waals surface area contributed by atoms with Gasteiger partial charge in [-0.3, -0.25) is 0 Å². The van der Waals surface area contributed by atoms with Crippen LogP contribution in [0.25, 0.3) is 0 Å². The summed E-state index contributed by atoms with van der Waals surface area (Å²) in [6.07, 6.45) is 6.19. The highest BCUT2D eigenvalue weighted by atomic mass is 35.5. The van der Waals surface area contributed by atoms with Crippen LogP contribution in [-0.2, 0) is 22.4 Å². The van der Waals surface area contributed by atoms with Crippen LogP contribution in [0.3, 0.4) is 0 Å². The van der Waals surface area contributed by atoms with Gasteiger partial charge in [0.1, 0.15) is 0 Å². The Bertz CT molecular complexity index is 702. The highest BCUT2D eigenvalue weighted by Gasteiger charge is 2.51. The van der Waals surface area contributed by atoms with E-state index >= 15 is 0 Å². The van der Waals surface area contributed by atoms with Crippen LogP contribution in [0.2, 0.25) is 5.02 Å². The predicted octanol–water partition coefficient (Wildman–Crippen LogP) is 3.69. The molecule has 1 aromatic heterocycles. The van der Waals surface area contributed by atoms with Crippen LogP contribution in [-0.4, -0.2) is 39.3 Å². The molecule has 26 heavy (non-hydrogen) atoms. The van der Waals surface area contributed by atoms with Gasteiger partial charge in [-0.1, -0.05) is 37.6 Å². The summed E-state index contributed by atoms with van der Waals surface area (Å²) >= 11 is 5.98. The van der Waals surface area contributed by atoms with Gasteiger partial charge in [-0.05, 0) is 37.5 Å². The quantitative estimate of drug-likeness (QED) is 0.798. The Labute approximate surface area is 159 Å². The first kappa shape index (κ1) is 19.4. The molecule has 0 aliphatic carbocycles. The molecule has 2 aromatic rings. The lowest BCUT2D eigenvalue weighted by Crippen LogP contribution is -2.54. The summed E-state index contributed by atoms with van der Waals surface area (Å²) in [4.78, 5) is 4.10. The van der Waals surface area contributed by atoms with E-state index in [1.165, 1.54) is 0 Å². The molecule has 1 aliphatic heterocycles. The molecule has 0 spiro atoms. The first-order valence-corrected chi connectivity index (χ1v) is 9.37. The Hall–Kier alpha value is -1.40. The van der Waals surface area contributed by atoms with Gasteiger partial charge in [0.25, 0.3) is 0 Å². The number of hydrogen-bond donors (Lipinski definition) is 1. The third-order valence-corrected chi connectivity index (χ3v) is 5.62. The first-order chi connectivity index (χ1) is 12.3. The van der Waals surface area contributed by atoms with Gasteiger partial charge >= 0.3 is 0 Å². The lowest BCUT2D eigenvalue weighted by atomic mass is 9.71. The van der Waals surface area contributed by atoms with E-state index < -0.39 is 17.3 Å². The molecular formula is C20H27ClN2O3. The molecule has 1 N–H and O–H groups in total. The minimum Gasteiger partial charge on any atom is -0.387 e. The van der Waals surface area contributed by atoms with Crippen molar-refractivity contribution < 1.29 is 14.6 Å². The Morgan fingerprint density at radius 3 is 2.62 bits per heavy atom. The molecule has 6 heteroatoms. The third kappa shape index (κ3) is 4.12. The summed E-state index contributed by atoms with van der Waals surface area (Å²) in [6.45, 7) is 6.97. The fraction of sp³-hybridized carbons (Fsp3) is 0.550. The predicted molar refractivity (Wildman–Crippen MR) is 101 cm³/mol. The van der Waals surface area contributed by atoms with E-state index in [2.05, 4.69) is 4.98 Å². The molecule has 3 rings (SSSR count). The van der Waals surface area contributed by atoms with E-state index in [0.717, 1.165) is 12.0 Å². The molecule has 2 heterocycles. The number of hydrogen-bond acceptors (Lipinski definition) is 4. The maximum atomic E-state index is 11.7. The number of aliphatic hydroxyl groups is 1. The zero-order valence-electron chi connectivity index (χ0n) is 15.6. The second kappa shape index (κ2) is 7.69. The van der Waals surface area contributed by atoms with Crippen molar-refractivity contribution >= 4 is 11.6 Å². The van der Waals surface area contributed by atoms with Crippen molar-refractivity contribution in [1.29, 1.82) is 0 Å². The van der Waals surface area contributed by atoms with E-state index in [1.807, 2.05) is 55.8 Å². The molecule has 142 valence electrons. The highest BCUT2D eigenvalue weighted by Crippen LogP contribution is 2.43. The van der Waals surface area contributed by atoms with Gasteiger partial charge in [-0.2, -0.15) is 0 Å². The van der Waals surface area contributed by atoms with Crippen LogP contribution in [0.15, 0.2) is 43.0 Å². The fourth-order valence-corrected chi connectivity index (χ4v) is 3.53. The van der Waals surface area contributed by atoms with Gasteiger partial charge in [0.05, 0.1) is 31.2 Å². The van der Waals surface area contributed by atoms with E-state index in [0.29, 0.717) is 24.6 Å². The molecular weight excluding hydrogens is 352 g/mol. The maximum absolute atomic E-state index is 11.7. The van der Waals surface area contributed by atoms with Crippen molar-refractivity contribution in [3.8, 4) is 0 Å². The zero-order valence-corrected chi connectivity index (χ0v) is 16.3. The molecule has 1 saturated heterocycles. The standard InChI is InChI=1S/C20H27ClN2O3/c1-15-12-25-18(26-15)19(2,3)20(24,13-23-11-10-22-14-23)9-8-16-4-6-17(21)7-5-16/h4-7,10-11,14-15,18,24H,8-9,12-13H2,1-3H3. The number of nitrogens with zero attached hydrogens (tertiary/aromatic N) is 2. The monoisotopic (exact) mass is 378 g/mol. The number of aromatic nitrogens is 2. The number of halogens is 1. The van der Waals surface area contributed by atoms with Crippen molar-refractivity contribution in [3.63, 3.8) is 0 Å². The van der Waals surface area contributed by atoms with Crippen LogP contribution >= 0.6 is 11.6 Å². The maximum Gasteiger partial charge on any atom is 0.166 e. The van der Waals surface area contributed by atoms with Crippen molar-refractivity contribution in [2.45, 2.75) is 58.2 Å². The average molecular weight is 379 g/mol. The Morgan fingerprint density at radius 1 is 1.31 bits per heavy atom. The van der Waals surface area contributed by atoms with Crippen LogP contribution in [0, 0.1) is 5.41 Å². The molecule has 0 amide bonds. The SMILES string of the molecule is CC1COC(C(C)(C)C(O)(CCc2ccc(Cl)cc2)Cn2ccnc2)O1. The first-order valence-electron chi connectivity index (χ1n) is 9.00. The average Bonchev–Trinajstić information content (AvgIpc) is 3.26. The number of imidazole rings is 1. The van der Waals surface area contributed by atoms with Gasteiger partial charge in [0.15, 0.2) is 6.29 Å². The lowest BCUT2D eigenvalue weighted by molar-refractivity contribution is -0.212. The minimum absolute atomic E-state index is 0.0352. The van der Waals surface area contributed by atoms with Crippen LogP contribution in [0.1, 0.15) is 32.8 Å². The van der Waals surface area contributed by atoms with Gasteiger partial charge < -0.3 is 19.1 Å². The number of ether oxygens (including phenoxy) is 2. The summed E-state index contributed by atoms with van der Waals surface area (Å²) < 4.78 is 13.7. The molecule has 0 radical (unpaired) electrons. The molecule has 3 unspecified atom stereocenters. The normalized spacial score (nSPS) is 23.1. The van der Waals surface area contributed by atoms with Gasteiger partial charge in [-0.15, -0.1) is 0 Å². The Balaban J connectivity index is 1.82. The molecule has 1 aromatic carbocycles. The summed E-state index contributed by atoms with van der Waals surface area (Å²) in [6, 6.07) is 7.75. The van der Waals surface area contributed by atoms with Gasteiger partial charge in [0.2, 0.25) is 0 Å². The van der Waals surface area contributed by atoms with Crippen LogP contribution in [0.4, 0.5) is 0 Å². The Kier molecular flexibility index (Phi) is 5.72. The number of benzene rings is 1. The van der Waals surface area contributed by atoms with E-state index in [9.17, 15) is 5.11 Å². The second-order valence-electron chi connectivity index (χ2n) is 7.73.